The van der Waals surface area contributed by atoms with E-state index in [-0.39, 0.29) is 27.6 Å². The molecule has 5 nitrogen and oxygen atoms in total. The lowest BCUT2D eigenvalue weighted by Gasteiger charge is -2.17. The van der Waals surface area contributed by atoms with Crippen LogP contribution >= 0.6 is 35.8 Å². The van der Waals surface area contributed by atoms with E-state index in [9.17, 15) is 5.11 Å². The van der Waals surface area contributed by atoms with E-state index in [2.05, 4.69) is 58.7 Å². The van der Waals surface area contributed by atoms with Crippen LogP contribution in [0.1, 0.15) is 174 Å². The number of rotatable bonds is 22. The summed E-state index contributed by atoms with van der Waals surface area (Å²) >= 11 is 10.9. The first-order chi connectivity index (χ1) is 21.2. The summed E-state index contributed by atoms with van der Waals surface area (Å²) in [6.07, 6.45) is 24.7. The van der Waals surface area contributed by atoms with Gasteiger partial charge >= 0.3 is 0 Å². The van der Waals surface area contributed by atoms with Crippen molar-refractivity contribution in [1.29, 1.82) is 0 Å². The maximum absolute atomic E-state index is 9.47. The maximum atomic E-state index is 9.47. The minimum Gasteiger partial charge on any atom is -0.502 e. The molecule has 1 aromatic carbocycles. The van der Waals surface area contributed by atoms with Crippen molar-refractivity contribution in [2.24, 2.45) is 11.5 Å². The minimum atomic E-state index is -0.500. The number of nitrogens with zero attached hydrogens (tertiary/aromatic N) is 1. The number of aliphatic hydroxyl groups is 2. The number of thiocarbonyl (C=S) groups is 2. The van der Waals surface area contributed by atoms with Crippen LogP contribution in [0.2, 0.25) is 0 Å². The molecule has 0 saturated carbocycles. The maximum Gasteiger partial charge on any atom is 0.167 e. The second kappa shape index (κ2) is 25.8. The molecule has 260 valence electrons. The lowest BCUT2D eigenvalue weighted by molar-refractivity contribution is 0.440. The molecule has 0 saturated heterocycles. The molecule has 1 heterocycles. The van der Waals surface area contributed by atoms with E-state index in [4.69, 9.17) is 28.8 Å². The van der Waals surface area contributed by atoms with Crippen LogP contribution < -0.4 is 11.5 Å². The van der Waals surface area contributed by atoms with Crippen molar-refractivity contribution in [3.63, 3.8) is 0 Å². The first kappa shape index (κ1) is 43.8. The van der Waals surface area contributed by atoms with Gasteiger partial charge in [0.25, 0.3) is 0 Å². The molecular formula is C37H67N3O2S3. The first-order valence-corrected chi connectivity index (χ1v) is 19.2. The van der Waals surface area contributed by atoms with Crippen LogP contribution in [-0.4, -0.2) is 36.4 Å². The van der Waals surface area contributed by atoms with Crippen molar-refractivity contribution in [2.75, 3.05) is 0 Å². The fraction of sp³-hybridized carbons (Fsp3) is 0.757. The molecule has 2 rings (SSSR count). The summed E-state index contributed by atoms with van der Waals surface area (Å²) in [6, 6.07) is 7.66. The topological polar surface area (TPSA) is 105 Å². The fourth-order valence-corrected chi connectivity index (χ4v) is 6.43. The molecule has 1 aromatic heterocycles. The Kier molecular flexibility index (Phi) is 25.2. The van der Waals surface area contributed by atoms with Crippen molar-refractivity contribution >= 4 is 56.1 Å². The van der Waals surface area contributed by atoms with Crippen LogP contribution in [0, 0.1) is 0 Å². The molecule has 0 amide bonds. The molecule has 0 spiro atoms. The zero-order valence-electron chi connectivity index (χ0n) is 29.5. The van der Waals surface area contributed by atoms with E-state index in [1.807, 2.05) is 24.3 Å². The monoisotopic (exact) mass is 681 g/mol. The minimum absolute atomic E-state index is 0.0439. The lowest BCUT2D eigenvalue weighted by atomic mass is 9.97. The number of para-hydroxylation sites is 1. The molecule has 1 atom stereocenters. The van der Waals surface area contributed by atoms with E-state index in [1.165, 1.54) is 127 Å². The molecule has 45 heavy (non-hydrogen) atoms. The molecule has 0 aliphatic heterocycles. The number of benzene rings is 1. The lowest BCUT2D eigenvalue weighted by Crippen LogP contribution is -2.31. The SMILES string of the molecule is CCCCCCCCCCC(C)(C)N.CCCCCCCCCCC(C)(C)N.OC(=S)CC(C(O)=S)c1nc2ccccc2s1. The second-order valence-corrected chi connectivity index (χ2v) is 15.9. The van der Waals surface area contributed by atoms with Gasteiger partial charge in [-0.2, -0.15) is 0 Å². The summed E-state index contributed by atoms with van der Waals surface area (Å²) in [5.41, 5.74) is 12.8. The third kappa shape index (κ3) is 26.6. The Bertz CT molecular complexity index is 965. The third-order valence-corrected chi connectivity index (χ3v) is 9.24. The van der Waals surface area contributed by atoms with E-state index in [1.54, 1.807) is 0 Å². The van der Waals surface area contributed by atoms with Crippen LogP contribution in [-0.2, 0) is 0 Å². The van der Waals surface area contributed by atoms with Gasteiger partial charge in [0, 0.05) is 17.5 Å². The summed E-state index contributed by atoms with van der Waals surface area (Å²) in [6.45, 7) is 13.0. The summed E-state index contributed by atoms with van der Waals surface area (Å²) in [4.78, 5) is 4.39. The van der Waals surface area contributed by atoms with Crippen LogP contribution in [0.25, 0.3) is 10.2 Å². The number of thiazole rings is 1. The number of fused-ring (bicyclic) bond motifs is 1. The molecule has 2 aromatic rings. The van der Waals surface area contributed by atoms with Gasteiger partial charge in [-0.25, -0.2) is 4.98 Å². The smallest absolute Gasteiger partial charge is 0.167 e. The Morgan fingerprint density at radius 1 is 0.711 bits per heavy atom. The fourth-order valence-electron chi connectivity index (χ4n) is 4.92. The van der Waals surface area contributed by atoms with E-state index >= 15 is 0 Å². The van der Waals surface area contributed by atoms with Gasteiger partial charge in [0.2, 0.25) is 0 Å². The Hall–Kier alpha value is -1.19. The van der Waals surface area contributed by atoms with Crippen LogP contribution in [0.15, 0.2) is 24.3 Å². The summed E-state index contributed by atoms with van der Waals surface area (Å²) in [5, 5.41) is 18.9. The van der Waals surface area contributed by atoms with Gasteiger partial charge in [0.15, 0.2) is 10.1 Å². The van der Waals surface area contributed by atoms with Gasteiger partial charge in [0.05, 0.1) is 16.1 Å². The number of hydrogen-bond acceptors (Lipinski definition) is 6. The number of aliphatic hydroxyl groups excluding tert-OH is 2. The molecule has 1 unspecified atom stereocenters. The quantitative estimate of drug-likeness (QED) is 0.0724. The van der Waals surface area contributed by atoms with Crippen molar-refractivity contribution in [1.82, 2.24) is 4.98 Å². The van der Waals surface area contributed by atoms with Gasteiger partial charge in [-0.3, -0.25) is 0 Å². The van der Waals surface area contributed by atoms with Crippen LogP contribution in [0.5, 0.6) is 0 Å². The van der Waals surface area contributed by atoms with E-state index < -0.39 is 5.92 Å². The molecule has 0 aliphatic carbocycles. The molecule has 6 N–H and O–H groups in total. The van der Waals surface area contributed by atoms with Gasteiger partial charge in [0.1, 0.15) is 5.01 Å². The summed E-state index contributed by atoms with van der Waals surface area (Å²) < 4.78 is 1.02. The average Bonchev–Trinajstić information content (AvgIpc) is 3.38. The normalized spacial score (nSPS) is 12.2. The zero-order chi connectivity index (χ0) is 34.1. The number of nitrogens with two attached hydrogens (primary N) is 2. The van der Waals surface area contributed by atoms with Gasteiger partial charge in [-0.1, -0.05) is 129 Å². The van der Waals surface area contributed by atoms with Crippen LogP contribution in [0.3, 0.4) is 0 Å². The van der Waals surface area contributed by atoms with Crippen molar-refractivity contribution in [3.05, 3.63) is 29.3 Å². The standard InChI is InChI=1S/2C13H29N.C11H9NO2S3/c2*1-4-5-6-7-8-9-10-11-12-13(2,3)14;13-9(15)5-6(11(14)16)10-12-7-3-1-2-4-8(7)17-10/h2*4-12,14H2,1-3H3;1-4,6H,5H2,(H,13,15)(H,14,16). The zero-order valence-corrected chi connectivity index (χ0v) is 32.0. The summed E-state index contributed by atoms with van der Waals surface area (Å²) in [7, 11) is 0. The van der Waals surface area contributed by atoms with Crippen molar-refractivity contribution in [3.8, 4) is 0 Å². The number of unbranched alkanes of at least 4 members (excludes halogenated alkanes) is 14. The Balaban J connectivity index is 0.000000652. The largest absolute Gasteiger partial charge is 0.502 e. The summed E-state index contributed by atoms with van der Waals surface area (Å²) in [5.74, 6) is -0.500. The first-order valence-electron chi connectivity index (χ1n) is 17.6. The molecule has 0 aliphatic rings. The Labute approximate surface area is 291 Å². The van der Waals surface area contributed by atoms with Crippen molar-refractivity contribution in [2.45, 2.75) is 181 Å². The second-order valence-electron chi connectivity index (χ2n) is 13.9. The highest BCUT2D eigenvalue weighted by Gasteiger charge is 2.22. The van der Waals surface area contributed by atoms with Gasteiger partial charge in [-0.05, 0) is 77.1 Å². The predicted octanol–water partition coefficient (Wildman–Crippen LogP) is 12.0. The van der Waals surface area contributed by atoms with Gasteiger partial charge in [-0.15, -0.1) is 11.3 Å². The molecule has 0 bridgehead atoms. The predicted molar refractivity (Wildman–Crippen MR) is 208 cm³/mol. The highest BCUT2D eigenvalue weighted by molar-refractivity contribution is 7.80. The van der Waals surface area contributed by atoms with Gasteiger partial charge < -0.3 is 21.7 Å². The molecule has 0 fully saturated rings. The average molecular weight is 682 g/mol. The van der Waals surface area contributed by atoms with E-state index in [0.717, 1.165) is 10.2 Å². The van der Waals surface area contributed by atoms with Crippen LogP contribution in [0.4, 0.5) is 0 Å². The van der Waals surface area contributed by atoms with E-state index in [0.29, 0.717) is 5.01 Å². The highest BCUT2D eigenvalue weighted by atomic mass is 32.1. The van der Waals surface area contributed by atoms with Crippen molar-refractivity contribution < 1.29 is 10.2 Å². The highest BCUT2D eigenvalue weighted by Crippen LogP contribution is 2.30. The molecular weight excluding hydrogens is 615 g/mol. The Morgan fingerprint density at radius 2 is 1.11 bits per heavy atom. The number of hydrogen-bond donors (Lipinski definition) is 4. The third-order valence-electron chi connectivity index (χ3n) is 7.63. The Morgan fingerprint density at radius 3 is 1.47 bits per heavy atom. The molecule has 0 radical (unpaired) electrons. The number of aromatic nitrogens is 1. The molecule has 8 heteroatoms.